The summed E-state index contributed by atoms with van der Waals surface area (Å²) in [6, 6.07) is 0.651. The normalized spacial score (nSPS) is 26.5. The Morgan fingerprint density at radius 2 is 2.25 bits per heavy atom. The number of hydrogen-bond acceptors (Lipinski definition) is 4. The first-order valence-electron chi connectivity index (χ1n) is 5.97. The highest BCUT2D eigenvalue weighted by molar-refractivity contribution is 7.11. The lowest BCUT2D eigenvalue weighted by atomic mass is 10.1. The number of nitrogens with zero attached hydrogens (tertiary/aromatic N) is 2. The Hall–Kier alpha value is -0.450. The molecular formula is C12H21N3S. The lowest BCUT2D eigenvalue weighted by Crippen LogP contribution is -2.27. The third-order valence-electron chi connectivity index (χ3n) is 3.54. The number of aryl methyl sites for hydroxylation is 2. The van der Waals surface area contributed by atoms with Crippen molar-refractivity contribution in [3.63, 3.8) is 0 Å². The van der Waals surface area contributed by atoms with Gasteiger partial charge in [0, 0.05) is 17.5 Å². The predicted octanol–water partition coefficient (Wildman–Crippen LogP) is 1.93. The maximum atomic E-state index is 5.74. The molecule has 0 saturated carbocycles. The van der Waals surface area contributed by atoms with E-state index in [1.54, 1.807) is 0 Å². The zero-order valence-electron chi connectivity index (χ0n) is 10.4. The van der Waals surface area contributed by atoms with Gasteiger partial charge in [-0.25, -0.2) is 4.98 Å². The second-order valence-electron chi connectivity index (χ2n) is 4.87. The molecule has 1 aliphatic heterocycles. The quantitative estimate of drug-likeness (QED) is 0.876. The molecule has 1 aliphatic rings. The van der Waals surface area contributed by atoms with Crippen LogP contribution in [-0.4, -0.2) is 29.0 Å². The van der Waals surface area contributed by atoms with Gasteiger partial charge in [0.25, 0.3) is 0 Å². The van der Waals surface area contributed by atoms with Crippen LogP contribution in [0.1, 0.15) is 28.9 Å². The molecule has 2 atom stereocenters. The fourth-order valence-corrected chi connectivity index (χ4v) is 3.35. The molecule has 1 fully saturated rings. The van der Waals surface area contributed by atoms with E-state index in [-0.39, 0.29) is 0 Å². The fourth-order valence-electron chi connectivity index (χ4n) is 2.39. The largest absolute Gasteiger partial charge is 0.330 e. The summed E-state index contributed by atoms with van der Waals surface area (Å²) in [5.41, 5.74) is 6.92. The van der Waals surface area contributed by atoms with E-state index in [4.69, 9.17) is 5.73 Å². The van der Waals surface area contributed by atoms with E-state index >= 15 is 0 Å². The van der Waals surface area contributed by atoms with Gasteiger partial charge in [-0.15, -0.1) is 11.3 Å². The van der Waals surface area contributed by atoms with E-state index in [0.717, 1.165) is 19.6 Å². The van der Waals surface area contributed by atoms with Gasteiger partial charge in [0.15, 0.2) is 0 Å². The first-order chi connectivity index (χ1) is 7.60. The van der Waals surface area contributed by atoms with Crippen molar-refractivity contribution in [2.45, 2.75) is 39.8 Å². The molecule has 1 aromatic heterocycles. The predicted molar refractivity (Wildman–Crippen MR) is 68.6 cm³/mol. The molecule has 0 amide bonds. The number of likely N-dealkylation sites (tertiary alicyclic amines) is 1. The number of rotatable bonds is 3. The number of aromatic nitrogens is 1. The van der Waals surface area contributed by atoms with Crippen molar-refractivity contribution in [3.8, 4) is 0 Å². The van der Waals surface area contributed by atoms with E-state index in [0.29, 0.717) is 12.0 Å². The molecular weight excluding hydrogens is 218 g/mol. The van der Waals surface area contributed by atoms with Crippen LogP contribution in [0, 0.1) is 19.8 Å². The molecule has 0 bridgehead atoms. The SMILES string of the molecule is Cc1nc(CN2CC(CN)CC2C)sc1C. The van der Waals surface area contributed by atoms with Crippen LogP contribution in [-0.2, 0) is 6.54 Å². The highest BCUT2D eigenvalue weighted by Gasteiger charge is 2.28. The topological polar surface area (TPSA) is 42.2 Å². The highest BCUT2D eigenvalue weighted by atomic mass is 32.1. The Labute approximate surface area is 102 Å². The third-order valence-corrected chi connectivity index (χ3v) is 4.59. The molecule has 0 aliphatic carbocycles. The minimum Gasteiger partial charge on any atom is -0.330 e. The molecule has 2 N–H and O–H groups in total. The van der Waals surface area contributed by atoms with Crippen molar-refractivity contribution < 1.29 is 0 Å². The van der Waals surface area contributed by atoms with Crippen LogP contribution in [0.2, 0.25) is 0 Å². The summed E-state index contributed by atoms with van der Waals surface area (Å²) in [5, 5.41) is 1.25. The summed E-state index contributed by atoms with van der Waals surface area (Å²) in [6.45, 7) is 9.48. The van der Waals surface area contributed by atoms with Crippen molar-refractivity contribution >= 4 is 11.3 Å². The van der Waals surface area contributed by atoms with Gasteiger partial charge < -0.3 is 5.73 Å². The Morgan fingerprint density at radius 1 is 1.50 bits per heavy atom. The van der Waals surface area contributed by atoms with E-state index < -0.39 is 0 Å². The first kappa shape index (κ1) is 12.0. The monoisotopic (exact) mass is 239 g/mol. The van der Waals surface area contributed by atoms with Crippen LogP contribution in [0.15, 0.2) is 0 Å². The molecule has 2 unspecified atom stereocenters. The fraction of sp³-hybridized carbons (Fsp3) is 0.750. The zero-order valence-corrected chi connectivity index (χ0v) is 11.2. The van der Waals surface area contributed by atoms with E-state index in [9.17, 15) is 0 Å². The van der Waals surface area contributed by atoms with Crippen LogP contribution < -0.4 is 5.73 Å². The Balaban J connectivity index is 1.99. The summed E-state index contributed by atoms with van der Waals surface area (Å²) in [4.78, 5) is 8.46. The maximum Gasteiger partial charge on any atom is 0.107 e. The van der Waals surface area contributed by atoms with Crippen molar-refractivity contribution in [2.24, 2.45) is 11.7 Å². The Bertz CT molecular complexity index is 342. The van der Waals surface area contributed by atoms with Gasteiger partial charge in [-0.2, -0.15) is 0 Å². The van der Waals surface area contributed by atoms with E-state index in [2.05, 4.69) is 30.7 Å². The summed E-state index contributed by atoms with van der Waals surface area (Å²) in [7, 11) is 0. The van der Waals surface area contributed by atoms with Crippen LogP contribution in [0.4, 0.5) is 0 Å². The molecule has 0 radical (unpaired) electrons. The number of nitrogens with two attached hydrogens (primary N) is 1. The van der Waals surface area contributed by atoms with Gasteiger partial charge in [0.05, 0.1) is 12.2 Å². The lowest BCUT2D eigenvalue weighted by molar-refractivity contribution is 0.255. The summed E-state index contributed by atoms with van der Waals surface area (Å²) >= 11 is 1.83. The molecule has 4 heteroatoms. The summed E-state index contributed by atoms with van der Waals surface area (Å²) < 4.78 is 0. The minimum atomic E-state index is 0.651. The molecule has 16 heavy (non-hydrogen) atoms. The number of hydrogen-bond donors (Lipinski definition) is 1. The van der Waals surface area contributed by atoms with E-state index in [1.807, 2.05) is 11.3 Å². The van der Waals surface area contributed by atoms with Gasteiger partial charge in [0.2, 0.25) is 0 Å². The number of thiazole rings is 1. The average molecular weight is 239 g/mol. The lowest BCUT2D eigenvalue weighted by Gasteiger charge is -2.19. The highest BCUT2D eigenvalue weighted by Crippen LogP contribution is 2.26. The second-order valence-corrected chi connectivity index (χ2v) is 6.15. The van der Waals surface area contributed by atoms with E-state index in [1.165, 1.54) is 22.0 Å². The third kappa shape index (κ3) is 2.44. The zero-order chi connectivity index (χ0) is 11.7. The molecule has 2 heterocycles. The Kier molecular flexibility index (Phi) is 3.62. The minimum absolute atomic E-state index is 0.651. The van der Waals surface area contributed by atoms with Gasteiger partial charge in [-0.3, -0.25) is 4.90 Å². The van der Waals surface area contributed by atoms with Crippen LogP contribution >= 0.6 is 11.3 Å². The van der Waals surface area contributed by atoms with Crippen molar-refractivity contribution in [1.29, 1.82) is 0 Å². The first-order valence-corrected chi connectivity index (χ1v) is 6.78. The van der Waals surface area contributed by atoms with Crippen molar-refractivity contribution in [3.05, 3.63) is 15.6 Å². The molecule has 1 saturated heterocycles. The van der Waals surface area contributed by atoms with Crippen molar-refractivity contribution in [2.75, 3.05) is 13.1 Å². The second kappa shape index (κ2) is 4.82. The van der Waals surface area contributed by atoms with Crippen LogP contribution in [0.25, 0.3) is 0 Å². The van der Waals surface area contributed by atoms with Crippen LogP contribution in [0.5, 0.6) is 0 Å². The molecule has 90 valence electrons. The molecule has 1 aromatic rings. The van der Waals surface area contributed by atoms with Gasteiger partial charge in [-0.1, -0.05) is 0 Å². The summed E-state index contributed by atoms with van der Waals surface area (Å²) in [5.74, 6) is 0.678. The molecule has 3 nitrogen and oxygen atoms in total. The summed E-state index contributed by atoms with van der Waals surface area (Å²) in [6.07, 6.45) is 1.24. The average Bonchev–Trinajstić information content (AvgIpc) is 2.73. The maximum absolute atomic E-state index is 5.74. The van der Waals surface area contributed by atoms with Crippen LogP contribution in [0.3, 0.4) is 0 Å². The van der Waals surface area contributed by atoms with Gasteiger partial charge in [-0.05, 0) is 39.7 Å². The van der Waals surface area contributed by atoms with Gasteiger partial charge >= 0.3 is 0 Å². The van der Waals surface area contributed by atoms with Gasteiger partial charge in [0.1, 0.15) is 5.01 Å². The Morgan fingerprint density at radius 3 is 2.75 bits per heavy atom. The molecule has 0 aromatic carbocycles. The molecule has 0 spiro atoms. The van der Waals surface area contributed by atoms with Crippen molar-refractivity contribution in [1.82, 2.24) is 9.88 Å². The molecule has 2 rings (SSSR count). The standard InChI is InChI=1S/C12H21N3S/c1-8-4-11(5-13)6-15(8)7-12-14-9(2)10(3)16-12/h8,11H,4-7,13H2,1-3H3. The smallest absolute Gasteiger partial charge is 0.107 e.